The van der Waals surface area contributed by atoms with Crippen molar-refractivity contribution in [3.8, 4) is 11.8 Å². The monoisotopic (exact) mass is 327 g/mol. The van der Waals surface area contributed by atoms with E-state index >= 15 is 0 Å². The Bertz CT molecular complexity index is 957. The van der Waals surface area contributed by atoms with E-state index in [2.05, 4.69) is 17.6 Å². The van der Waals surface area contributed by atoms with E-state index in [1.54, 1.807) is 12.1 Å². The maximum Gasteiger partial charge on any atom is 0.205 e. The first-order chi connectivity index (χ1) is 10.5. The van der Waals surface area contributed by atoms with Gasteiger partial charge in [0.25, 0.3) is 0 Å². The summed E-state index contributed by atoms with van der Waals surface area (Å²) in [6, 6.07) is 8.26. The largest absolute Gasteiger partial charge is 0.506 e. The van der Waals surface area contributed by atoms with Crippen molar-refractivity contribution in [2.75, 3.05) is 5.73 Å². The first-order valence-electron chi connectivity index (χ1n) is 6.17. The lowest BCUT2D eigenvalue weighted by atomic mass is 10.0. The Kier molecular flexibility index (Phi) is 3.48. The van der Waals surface area contributed by atoms with E-state index in [1.807, 2.05) is 6.07 Å². The van der Waals surface area contributed by atoms with Crippen LogP contribution in [0.1, 0.15) is 20.8 Å². The number of hydrogen-bond donors (Lipinski definition) is 3. The maximum absolute atomic E-state index is 12.8. The number of benzene rings is 1. The number of nitrogens with zero attached hydrogens (tertiary/aromatic N) is 2. The summed E-state index contributed by atoms with van der Waals surface area (Å²) in [4.78, 5) is 17.1. The molecule has 0 fully saturated rings. The second-order valence-corrected chi connectivity index (χ2v) is 6.27. The van der Waals surface area contributed by atoms with Crippen molar-refractivity contribution in [3.05, 3.63) is 46.5 Å². The van der Waals surface area contributed by atoms with E-state index < -0.39 is 0 Å². The molecule has 3 N–H and O–H groups in total. The number of thiophene rings is 1. The quantitative estimate of drug-likeness (QED) is 0.496. The zero-order chi connectivity index (χ0) is 15.9. The van der Waals surface area contributed by atoms with Gasteiger partial charge in [0.2, 0.25) is 5.78 Å². The zero-order valence-electron chi connectivity index (χ0n) is 11.1. The minimum absolute atomic E-state index is 0.00102. The van der Waals surface area contributed by atoms with Crippen LogP contribution in [0.4, 0.5) is 5.69 Å². The van der Waals surface area contributed by atoms with Gasteiger partial charge in [0.15, 0.2) is 0 Å². The summed E-state index contributed by atoms with van der Waals surface area (Å²) >= 11 is 5.24. The van der Waals surface area contributed by atoms with Crippen LogP contribution >= 0.6 is 24.0 Å². The van der Waals surface area contributed by atoms with E-state index in [0.29, 0.717) is 20.7 Å². The number of carbonyl (C=O) groups excluding carboxylic acids is 1. The van der Waals surface area contributed by atoms with Crippen LogP contribution in [0.2, 0.25) is 0 Å². The number of phenols is 1. The van der Waals surface area contributed by atoms with Gasteiger partial charge in [0.05, 0.1) is 15.5 Å². The molecule has 0 spiro atoms. The molecule has 0 bridgehead atoms. The van der Waals surface area contributed by atoms with Crippen molar-refractivity contribution >= 4 is 46.3 Å². The van der Waals surface area contributed by atoms with E-state index in [-0.39, 0.29) is 27.7 Å². The van der Waals surface area contributed by atoms with E-state index in [4.69, 9.17) is 11.0 Å². The number of pyridine rings is 1. The Hall–Kier alpha value is -2.56. The molecule has 0 unspecified atom stereocenters. The smallest absolute Gasteiger partial charge is 0.205 e. The van der Waals surface area contributed by atoms with Gasteiger partial charge < -0.3 is 10.8 Å². The molecule has 1 aromatic carbocycles. The predicted molar refractivity (Wildman–Crippen MR) is 87.5 cm³/mol. The Morgan fingerprint density at radius 1 is 1.41 bits per heavy atom. The number of rotatable bonds is 2. The lowest BCUT2D eigenvalue weighted by molar-refractivity contribution is 0.104. The first kappa shape index (κ1) is 14.4. The number of nitriles is 1. The third-order valence-electron chi connectivity index (χ3n) is 3.24. The lowest BCUT2D eigenvalue weighted by Gasteiger charge is -2.06. The molecule has 108 valence electrons. The highest BCUT2D eigenvalue weighted by Gasteiger charge is 2.22. The number of nitrogens with two attached hydrogens (primary N) is 1. The topological polar surface area (TPSA) is 100 Å². The molecular weight excluding hydrogens is 318 g/mol. The number of ketones is 1. The molecule has 0 amide bonds. The van der Waals surface area contributed by atoms with Gasteiger partial charge in [-0.05, 0) is 18.2 Å². The number of nitrogen functional groups attached to an aromatic ring is 1. The van der Waals surface area contributed by atoms with Crippen molar-refractivity contribution in [2.45, 2.75) is 4.21 Å². The van der Waals surface area contributed by atoms with Gasteiger partial charge in [-0.25, -0.2) is 0 Å². The molecule has 0 atom stereocenters. The number of anilines is 1. The highest BCUT2D eigenvalue weighted by atomic mass is 32.2. The second-order valence-electron chi connectivity index (χ2n) is 4.50. The summed E-state index contributed by atoms with van der Waals surface area (Å²) in [5, 5.41) is 19.4. The number of hydrogen-bond acceptors (Lipinski definition) is 7. The molecule has 2 aromatic heterocycles. The molecule has 0 aliphatic rings. The first-order valence-corrected chi connectivity index (χ1v) is 7.43. The Morgan fingerprint density at radius 2 is 2.18 bits per heavy atom. The molecule has 0 radical (unpaired) electrons. The number of fused-ring (bicyclic) bond motifs is 1. The van der Waals surface area contributed by atoms with Gasteiger partial charge >= 0.3 is 0 Å². The SMILES string of the molecule is N#Cc1c(S)sc(C(=O)c2ccc(O)c3ncccc23)c1N. The van der Waals surface area contributed by atoms with Crippen molar-refractivity contribution in [3.63, 3.8) is 0 Å². The summed E-state index contributed by atoms with van der Waals surface area (Å²) in [6.45, 7) is 0. The Morgan fingerprint density at radius 3 is 2.86 bits per heavy atom. The van der Waals surface area contributed by atoms with Gasteiger partial charge in [-0.2, -0.15) is 5.26 Å². The van der Waals surface area contributed by atoms with Gasteiger partial charge in [-0.3, -0.25) is 9.78 Å². The van der Waals surface area contributed by atoms with Crippen LogP contribution in [0.3, 0.4) is 0 Å². The minimum atomic E-state index is -0.322. The van der Waals surface area contributed by atoms with Crippen LogP contribution in [0.15, 0.2) is 34.7 Å². The fourth-order valence-corrected chi connectivity index (χ4v) is 3.50. The Balaban J connectivity index is 2.23. The number of aromatic nitrogens is 1. The van der Waals surface area contributed by atoms with Gasteiger partial charge in [0, 0.05) is 17.1 Å². The van der Waals surface area contributed by atoms with Gasteiger partial charge in [0.1, 0.15) is 22.2 Å². The molecule has 7 heteroatoms. The lowest BCUT2D eigenvalue weighted by Crippen LogP contribution is -2.04. The van der Waals surface area contributed by atoms with Crippen molar-refractivity contribution in [1.82, 2.24) is 4.98 Å². The molecule has 0 saturated heterocycles. The Labute approximate surface area is 135 Å². The van der Waals surface area contributed by atoms with Crippen LogP contribution in [0, 0.1) is 11.3 Å². The molecule has 3 rings (SSSR count). The van der Waals surface area contributed by atoms with Crippen molar-refractivity contribution in [1.29, 1.82) is 5.26 Å². The molecule has 0 saturated carbocycles. The van der Waals surface area contributed by atoms with Crippen LogP contribution < -0.4 is 5.73 Å². The average molecular weight is 327 g/mol. The number of carbonyl (C=O) groups is 1. The summed E-state index contributed by atoms with van der Waals surface area (Å²) < 4.78 is 0.407. The molecule has 0 aliphatic heterocycles. The van der Waals surface area contributed by atoms with E-state index in [0.717, 1.165) is 11.3 Å². The minimum Gasteiger partial charge on any atom is -0.506 e. The number of thiol groups is 1. The van der Waals surface area contributed by atoms with Crippen molar-refractivity contribution < 1.29 is 9.90 Å². The summed E-state index contributed by atoms with van der Waals surface area (Å²) in [6.07, 6.45) is 1.54. The molecule has 2 heterocycles. The van der Waals surface area contributed by atoms with Crippen LogP contribution in [-0.4, -0.2) is 15.9 Å². The third-order valence-corrected chi connectivity index (χ3v) is 4.74. The maximum atomic E-state index is 12.8. The zero-order valence-corrected chi connectivity index (χ0v) is 12.8. The predicted octanol–water partition coefficient (Wildman–Crippen LogP) is 2.98. The fourth-order valence-electron chi connectivity index (χ4n) is 2.19. The number of phenolic OH excluding ortho intramolecular Hbond substituents is 1. The molecule has 22 heavy (non-hydrogen) atoms. The molecule has 0 aliphatic carbocycles. The van der Waals surface area contributed by atoms with Gasteiger partial charge in [-0.15, -0.1) is 24.0 Å². The number of aromatic hydroxyl groups is 1. The molecule has 3 aromatic rings. The van der Waals surface area contributed by atoms with E-state index in [1.165, 1.54) is 18.3 Å². The van der Waals surface area contributed by atoms with Crippen molar-refractivity contribution in [2.24, 2.45) is 0 Å². The van der Waals surface area contributed by atoms with E-state index in [9.17, 15) is 9.90 Å². The molecular formula is C15H9N3O2S2. The molecule has 5 nitrogen and oxygen atoms in total. The highest BCUT2D eigenvalue weighted by Crippen LogP contribution is 2.36. The second kappa shape index (κ2) is 5.33. The van der Waals surface area contributed by atoms with Crippen LogP contribution in [-0.2, 0) is 0 Å². The summed E-state index contributed by atoms with van der Waals surface area (Å²) in [5.74, 6) is -0.323. The third kappa shape index (κ3) is 2.09. The van der Waals surface area contributed by atoms with Crippen LogP contribution in [0.25, 0.3) is 10.9 Å². The van der Waals surface area contributed by atoms with Gasteiger partial charge in [-0.1, -0.05) is 6.07 Å². The fraction of sp³-hybridized carbons (Fsp3) is 0. The summed E-state index contributed by atoms with van der Waals surface area (Å²) in [7, 11) is 0. The van der Waals surface area contributed by atoms with Crippen LogP contribution in [0.5, 0.6) is 5.75 Å². The normalized spacial score (nSPS) is 10.5. The average Bonchev–Trinajstić information content (AvgIpc) is 2.81. The standard InChI is InChI=1S/C15H9N3O2S2/c16-6-9-11(17)14(22-15(9)21)13(20)8-3-4-10(19)12-7(8)2-1-5-18-12/h1-5,19,21H,17H2. The summed E-state index contributed by atoms with van der Waals surface area (Å²) in [5.41, 5.74) is 6.93. The highest BCUT2D eigenvalue weighted by molar-refractivity contribution is 7.83.